The molecule has 0 fully saturated rings. The fourth-order valence-electron chi connectivity index (χ4n) is 2.24. The summed E-state index contributed by atoms with van der Waals surface area (Å²) in [5.74, 6) is 0.0514. The Hall–Kier alpha value is -1.45. The van der Waals surface area contributed by atoms with Crippen LogP contribution in [-0.4, -0.2) is 17.2 Å². The molecule has 1 amide bonds. The molecule has 0 saturated heterocycles. The summed E-state index contributed by atoms with van der Waals surface area (Å²) < 4.78 is 0. The van der Waals surface area contributed by atoms with Crippen molar-refractivity contribution in [3.63, 3.8) is 0 Å². The van der Waals surface area contributed by atoms with Crippen LogP contribution in [0.15, 0.2) is 59.5 Å². The molecule has 2 aromatic rings. The molecule has 0 unspecified atom stereocenters. The minimum atomic E-state index is -0.172. The molecule has 23 heavy (non-hydrogen) atoms. The Morgan fingerprint density at radius 3 is 2.43 bits per heavy atom. The van der Waals surface area contributed by atoms with Crippen molar-refractivity contribution in [3.8, 4) is 0 Å². The molecule has 122 valence electrons. The van der Waals surface area contributed by atoms with Crippen LogP contribution < -0.4 is 5.32 Å². The number of amides is 1. The van der Waals surface area contributed by atoms with E-state index in [0.717, 1.165) is 17.7 Å². The number of benzene rings is 2. The molecule has 2 atom stereocenters. The van der Waals surface area contributed by atoms with Crippen molar-refractivity contribution in [3.05, 3.63) is 65.2 Å². The number of aryl methyl sites for hydroxylation is 1. The number of hydrogen-bond donors (Lipinski definition) is 1. The van der Waals surface area contributed by atoms with Gasteiger partial charge in [-0.25, -0.2) is 0 Å². The number of nitrogens with one attached hydrogen (secondary N) is 1. The van der Waals surface area contributed by atoms with E-state index < -0.39 is 0 Å². The van der Waals surface area contributed by atoms with Gasteiger partial charge in [-0.1, -0.05) is 54.1 Å². The lowest BCUT2D eigenvalue weighted by atomic mass is 10.1. The summed E-state index contributed by atoms with van der Waals surface area (Å²) in [5, 5.41) is 3.60. The molecule has 0 radical (unpaired) electrons. The topological polar surface area (TPSA) is 29.1 Å². The zero-order valence-corrected chi connectivity index (χ0v) is 15.0. The second-order valence-corrected chi connectivity index (χ2v) is 7.41. The minimum absolute atomic E-state index is 0.0514. The minimum Gasteiger partial charge on any atom is -0.353 e. The lowest BCUT2D eigenvalue weighted by Gasteiger charge is -2.18. The van der Waals surface area contributed by atoms with Gasteiger partial charge in [0.05, 0.1) is 10.3 Å². The maximum Gasteiger partial charge on any atom is 0.233 e. The fourth-order valence-corrected chi connectivity index (χ4v) is 3.41. The Morgan fingerprint density at radius 2 is 1.74 bits per heavy atom. The first-order chi connectivity index (χ1) is 11.1. The number of carbonyl (C=O) groups is 1. The van der Waals surface area contributed by atoms with Gasteiger partial charge in [0.15, 0.2) is 0 Å². The van der Waals surface area contributed by atoms with E-state index in [1.54, 1.807) is 0 Å². The van der Waals surface area contributed by atoms with Crippen molar-refractivity contribution in [1.29, 1.82) is 0 Å². The van der Waals surface area contributed by atoms with Crippen LogP contribution in [-0.2, 0) is 11.2 Å². The third-order valence-electron chi connectivity index (χ3n) is 3.61. The van der Waals surface area contributed by atoms with Gasteiger partial charge in [0.1, 0.15) is 0 Å². The molecule has 0 aliphatic rings. The van der Waals surface area contributed by atoms with Crippen LogP contribution in [0.2, 0.25) is 5.02 Å². The third-order valence-corrected chi connectivity index (χ3v) is 5.23. The van der Waals surface area contributed by atoms with E-state index in [4.69, 9.17) is 11.6 Å². The van der Waals surface area contributed by atoms with Crippen molar-refractivity contribution in [1.82, 2.24) is 5.32 Å². The van der Waals surface area contributed by atoms with E-state index in [1.165, 1.54) is 17.3 Å². The van der Waals surface area contributed by atoms with Gasteiger partial charge in [-0.15, -0.1) is 11.8 Å². The van der Waals surface area contributed by atoms with Crippen LogP contribution >= 0.6 is 23.4 Å². The zero-order chi connectivity index (χ0) is 16.7. The van der Waals surface area contributed by atoms with E-state index in [2.05, 4.69) is 17.4 Å². The molecule has 2 aromatic carbocycles. The standard InChI is InChI=1S/C19H22ClNOS/c1-14(12-13-16-8-4-3-5-9-16)21-19(22)15(2)23-18-11-7-6-10-17(18)20/h3-11,14-15H,12-13H2,1-2H3,(H,21,22)/t14-,15+/m0/s1. The average Bonchev–Trinajstić information content (AvgIpc) is 2.56. The van der Waals surface area contributed by atoms with E-state index in [1.807, 2.05) is 56.3 Å². The fraction of sp³-hybridized carbons (Fsp3) is 0.316. The zero-order valence-electron chi connectivity index (χ0n) is 13.5. The van der Waals surface area contributed by atoms with Crippen molar-refractivity contribution in [2.24, 2.45) is 0 Å². The van der Waals surface area contributed by atoms with Crippen LogP contribution in [0.3, 0.4) is 0 Å². The van der Waals surface area contributed by atoms with Crippen molar-refractivity contribution in [2.75, 3.05) is 0 Å². The second kappa shape index (κ2) is 8.99. The highest BCUT2D eigenvalue weighted by Gasteiger charge is 2.17. The van der Waals surface area contributed by atoms with Gasteiger partial charge in [-0.05, 0) is 44.4 Å². The van der Waals surface area contributed by atoms with E-state index >= 15 is 0 Å². The van der Waals surface area contributed by atoms with Crippen LogP contribution in [0.5, 0.6) is 0 Å². The molecule has 0 spiro atoms. The summed E-state index contributed by atoms with van der Waals surface area (Å²) >= 11 is 7.63. The van der Waals surface area contributed by atoms with Gasteiger partial charge in [0.25, 0.3) is 0 Å². The summed E-state index contributed by atoms with van der Waals surface area (Å²) in [6.07, 6.45) is 1.90. The molecule has 1 N–H and O–H groups in total. The Morgan fingerprint density at radius 1 is 1.09 bits per heavy atom. The summed E-state index contributed by atoms with van der Waals surface area (Å²) in [7, 11) is 0. The molecule has 0 saturated carbocycles. The number of thioether (sulfide) groups is 1. The quantitative estimate of drug-likeness (QED) is 0.717. The smallest absolute Gasteiger partial charge is 0.233 e. The Labute approximate surface area is 147 Å². The lowest BCUT2D eigenvalue weighted by molar-refractivity contribution is -0.120. The number of hydrogen-bond acceptors (Lipinski definition) is 2. The van der Waals surface area contributed by atoms with Crippen LogP contribution in [0.4, 0.5) is 0 Å². The molecule has 2 nitrogen and oxygen atoms in total. The maximum atomic E-state index is 12.3. The monoisotopic (exact) mass is 347 g/mol. The highest BCUT2D eigenvalue weighted by molar-refractivity contribution is 8.00. The van der Waals surface area contributed by atoms with Gasteiger partial charge in [0, 0.05) is 10.9 Å². The summed E-state index contributed by atoms with van der Waals surface area (Å²) in [5.41, 5.74) is 1.30. The molecule has 0 bridgehead atoms. The second-order valence-electron chi connectivity index (χ2n) is 5.62. The average molecular weight is 348 g/mol. The van der Waals surface area contributed by atoms with Gasteiger partial charge < -0.3 is 5.32 Å². The summed E-state index contributed by atoms with van der Waals surface area (Å²) in [6.45, 7) is 3.96. The number of carbonyl (C=O) groups excluding carboxylic acids is 1. The SMILES string of the molecule is C[C@@H](CCc1ccccc1)NC(=O)[C@@H](C)Sc1ccccc1Cl. The first-order valence-corrected chi connectivity index (χ1v) is 9.07. The van der Waals surface area contributed by atoms with E-state index in [0.29, 0.717) is 5.02 Å². The normalized spacial score (nSPS) is 13.3. The molecule has 0 aliphatic carbocycles. The summed E-state index contributed by atoms with van der Waals surface area (Å²) in [6, 6.07) is 18.1. The van der Waals surface area contributed by atoms with E-state index in [9.17, 15) is 4.79 Å². The highest BCUT2D eigenvalue weighted by atomic mass is 35.5. The van der Waals surface area contributed by atoms with Crippen molar-refractivity contribution in [2.45, 2.75) is 42.9 Å². The first-order valence-electron chi connectivity index (χ1n) is 7.81. The number of rotatable bonds is 7. The largest absolute Gasteiger partial charge is 0.353 e. The molecule has 2 rings (SSSR count). The van der Waals surface area contributed by atoms with Crippen LogP contribution in [0, 0.1) is 0 Å². The first kappa shape index (κ1) is 17.9. The molecule has 4 heteroatoms. The Balaban J connectivity index is 1.80. The van der Waals surface area contributed by atoms with Crippen molar-refractivity contribution < 1.29 is 4.79 Å². The predicted molar refractivity (Wildman–Crippen MR) is 99.1 cm³/mol. The van der Waals surface area contributed by atoms with Gasteiger partial charge in [-0.2, -0.15) is 0 Å². The van der Waals surface area contributed by atoms with Crippen molar-refractivity contribution >= 4 is 29.3 Å². The molecule has 0 heterocycles. The summed E-state index contributed by atoms with van der Waals surface area (Å²) in [4.78, 5) is 13.2. The van der Waals surface area contributed by atoms with E-state index in [-0.39, 0.29) is 17.2 Å². The molecule has 0 aliphatic heterocycles. The predicted octanol–water partition coefficient (Wildman–Crippen LogP) is 4.96. The molecular formula is C19H22ClNOS. The molecule has 0 aromatic heterocycles. The number of halogens is 1. The Bertz CT molecular complexity index is 632. The third kappa shape index (κ3) is 5.92. The maximum absolute atomic E-state index is 12.3. The van der Waals surface area contributed by atoms with Crippen LogP contribution in [0.25, 0.3) is 0 Å². The van der Waals surface area contributed by atoms with Gasteiger partial charge in [0.2, 0.25) is 5.91 Å². The Kier molecular flexibility index (Phi) is 7.00. The van der Waals surface area contributed by atoms with Gasteiger partial charge in [-0.3, -0.25) is 4.79 Å². The lowest BCUT2D eigenvalue weighted by Crippen LogP contribution is -2.37. The molecular weight excluding hydrogens is 326 g/mol. The van der Waals surface area contributed by atoms with Crippen LogP contribution in [0.1, 0.15) is 25.8 Å². The van der Waals surface area contributed by atoms with Gasteiger partial charge >= 0.3 is 0 Å². The highest BCUT2D eigenvalue weighted by Crippen LogP contribution is 2.30.